The molecule has 7 heteroatoms. The summed E-state index contributed by atoms with van der Waals surface area (Å²) >= 11 is 0. The summed E-state index contributed by atoms with van der Waals surface area (Å²) < 4.78 is 30.2. The van der Waals surface area contributed by atoms with E-state index >= 15 is 0 Å². The van der Waals surface area contributed by atoms with Crippen molar-refractivity contribution in [2.24, 2.45) is 0 Å². The first-order valence-corrected chi connectivity index (χ1v) is 7.35. The van der Waals surface area contributed by atoms with Crippen LogP contribution in [0.4, 0.5) is 0 Å². The molecule has 0 saturated heterocycles. The summed E-state index contributed by atoms with van der Waals surface area (Å²) in [6.45, 7) is 6.36. The van der Waals surface area contributed by atoms with E-state index in [9.17, 15) is 13.2 Å². The molecule has 0 radical (unpaired) electrons. The van der Waals surface area contributed by atoms with Gasteiger partial charge in [0.2, 0.25) is 0 Å². The van der Waals surface area contributed by atoms with Crippen LogP contribution in [0.25, 0.3) is 0 Å². The molecule has 106 valence electrons. The molecule has 0 saturated carbocycles. The molecule has 0 aromatic rings. The van der Waals surface area contributed by atoms with Crippen molar-refractivity contribution in [1.29, 1.82) is 0 Å². The Morgan fingerprint density at radius 3 is 2.33 bits per heavy atom. The molecule has 0 aromatic carbocycles. The predicted molar refractivity (Wildman–Crippen MR) is 70.4 cm³/mol. The normalized spacial score (nSPS) is 12.2. The lowest BCUT2D eigenvalue weighted by Crippen LogP contribution is -2.49. The van der Waals surface area contributed by atoms with Crippen molar-refractivity contribution in [3.63, 3.8) is 0 Å². The molecule has 0 aliphatic heterocycles. The van der Waals surface area contributed by atoms with E-state index in [0.29, 0.717) is 36.1 Å². The fourth-order valence-electron chi connectivity index (χ4n) is 1.34. The summed E-state index contributed by atoms with van der Waals surface area (Å²) in [6.07, 6.45) is 1.07. The number of hydrogen-bond donors (Lipinski definition) is 2. The third-order valence-electron chi connectivity index (χ3n) is 2.47. The SMILES string of the molecule is C=C(C)C(=O)NC[N+](C)(C)CCCCS(=O)(=O)O. The molecule has 6 nitrogen and oxygen atoms in total. The van der Waals surface area contributed by atoms with Crippen LogP contribution < -0.4 is 5.32 Å². The third kappa shape index (κ3) is 9.15. The van der Waals surface area contributed by atoms with E-state index in [4.69, 9.17) is 4.55 Å². The topological polar surface area (TPSA) is 83.5 Å². The summed E-state index contributed by atoms with van der Waals surface area (Å²) in [5.41, 5.74) is 0.460. The Bertz CT molecular complexity index is 401. The van der Waals surface area contributed by atoms with Gasteiger partial charge in [0.1, 0.15) is 0 Å². The molecular weight excluding hydrogens is 256 g/mol. The molecule has 0 rings (SSSR count). The highest BCUT2D eigenvalue weighted by molar-refractivity contribution is 7.85. The number of unbranched alkanes of at least 4 members (excludes halogenated alkanes) is 1. The Morgan fingerprint density at radius 1 is 1.33 bits per heavy atom. The summed E-state index contributed by atoms with van der Waals surface area (Å²) in [5.74, 6) is -0.398. The van der Waals surface area contributed by atoms with Crippen LogP contribution in [-0.2, 0) is 14.9 Å². The second-order valence-corrected chi connectivity index (χ2v) is 6.67. The fourth-order valence-corrected chi connectivity index (χ4v) is 1.91. The van der Waals surface area contributed by atoms with Crippen LogP contribution in [0.2, 0.25) is 0 Å². The zero-order chi connectivity index (χ0) is 14.4. The van der Waals surface area contributed by atoms with Gasteiger partial charge < -0.3 is 9.80 Å². The van der Waals surface area contributed by atoms with Crippen molar-refractivity contribution in [2.45, 2.75) is 19.8 Å². The fraction of sp³-hybridized carbons (Fsp3) is 0.727. The number of rotatable bonds is 8. The highest BCUT2D eigenvalue weighted by Gasteiger charge is 2.16. The molecule has 0 aliphatic rings. The first kappa shape index (κ1) is 17.1. The van der Waals surface area contributed by atoms with Crippen molar-refractivity contribution in [1.82, 2.24) is 5.32 Å². The van der Waals surface area contributed by atoms with Gasteiger partial charge in [0, 0.05) is 5.57 Å². The highest BCUT2D eigenvalue weighted by Crippen LogP contribution is 2.02. The van der Waals surface area contributed by atoms with E-state index in [-0.39, 0.29) is 11.7 Å². The van der Waals surface area contributed by atoms with Gasteiger partial charge in [-0.25, -0.2) is 0 Å². The van der Waals surface area contributed by atoms with Gasteiger partial charge in [0.05, 0.1) is 26.4 Å². The number of quaternary nitrogens is 1. The van der Waals surface area contributed by atoms with Gasteiger partial charge >= 0.3 is 0 Å². The zero-order valence-electron chi connectivity index (χ0n) is 11.3. The van der Waals surface area contributed by atoms with Gasteiger partial charge in [-0.15, -0.1) is 0 Å². The Labute approximate surface area is 109 Å². The lowest BCUT2D eigenvalue weighted by Gasteiger charge is -2.29. The summed E-state index contributed by atoms with van der Waals surface area (Å²) in [7, 11) is 0.00621. The molecule has 2 N–H and O–H groups in total. The highest BCUT2D eigenvalue weighted by atomic mass is 32.2. The van der Waals surface area contributed by atoms with Crippen molar-refractivity contribution < 1.29 is 22.2 Å². The maximum atomic E-state index is 11.3. The standard InChI is InChI=1S/C11H22N2O4S/c1-10(2)11(14)12-9-13(3,4)7-5-6-8-18(15,16)17/h1,5-9H2,2-4H3,(H-,12,14,15,16,17)/p+1. The van der Waals surface area contributed by atoms with Crippen LogP contribution in [0, 0.1) is 0 Å². The van der Waals surface area contributed by atoms with Gasteiger partial charge in [0.15, 0.2) is 6.67 Å². The number of carbonyl (C=O) groups is 1. The van der Waals surface area contributed by atoms with E-state index in [0.717, 1.165) is 0 Å². The minimum absolute atomic E-state index is 0.181. The Morgan fingerprint density at radius 2 is 1.89 bits per heavy atom. The average molecular weight is 279 g/mol. The second kappa shape index (κ2) is 6.86. The van der Waals surface area contributed by atoms with E-state index in [2.05, 4.69) is 11.9 Å². The van der Waals surface area contributed by atoms with E-state index in [1.54, 1.807) is 6.92 Å². The molecule has 0 atom stereocenters. The van der Waals surface area contributed by atoms with Gasteiger partial charge in [-0.05, 0) is 19.8 Å². The lowest BCUT2D eigenvalue weighted by molar-refractivity contribution is -0.892. The summed E-state index contributed by atoms with van der Waals surface area (Å²) in [4.78, 5) is 11.3. The maximum Gasteiger partial charge on any atom is 0.264 e. The third-order valence-corrected chi connectivity index (χ3v) is 3.28. The van der Waals surface area contributed by atoms with E-state index < -0.39 is 10.1 Å². The average Bonchev–Trinajstić information content (AvgIpc) is 2.20. The van der Waals surface area contributed by atoms with Crippen molar-refractivity contribution in [3.05, 3.63) is 12.2 Å². The molecule has 18 heavy (non-hydrogen) atoms. The quantitative estimate of drug-likeness (QED) is 0.221. The lowest BCUT2D eigenvalue weighted by atomic mass is 10.3. The molecule has 0 aliphatic carbocycles. The van der Waals surface area contributed by atoms with Crippen molar-refractivity contribution >= 4 is 16.0 Å². The zero-order valence-corrected chi connectivity index (χ0v) is 12.1. The molecule has 0 unspecified atom stereocenters. The number of nitrogens with zero attached hydrogens (tertiary/aromatic N) is 1. The van der Waals surface area contributed by atoms with Crippen molar-refractivity contribution in [3.8, 4) is 0 Å². The van der Waals surface area contributed by atoms with E-state index in [1.807, 2.05) is 14.1 Å². The number of carbonyl (C=O) groups excluding carboxylic acids is 1. The van der Waals surface area contributed by atoms with Crippen LogP contribution >= 0.6 is 0 Å². The molecule has 0 fully saturated rings. The molecule has 0 bridgehead atoms. The number of hydrogen-bond acceptors (Lipinski definition) is 3. The van der Waals surface area contributed by atoms with Crippen LogP contribution in [0.5, 0.6) is 0 Å². The van der Waals surface area contributed by atoms with E-state index in [1.165, 1.54) is 0 Å². The minimum atomic E-state index is -3.87. The summed E-state index contributed by atoms with van der Waals surface area (Å²) in [6, 6.07) is 0. The second-order valence-electron chi connectivity index (χ2n) is 5.10. The van der Waals surface area contributed by atoms with Crippen LogP contribution in [0.3, 0.4) is 0 Å². The Balaban J connectivity index is 3.94. The monoisotopic (exact) mass is 279 g/mol. The minimum Gasteiger partial charge on any atom is -0.311 e. The largest absolute Gasteiger partial charge is 0.311 e. The molecule has 0 heterocycles. The smallest absolute Gasteiger partial charge is 0.264 e. The Hall–Kier alpha value is -0.920. The van der Waals surface area contributed by atoms with Crippen molar-refractivity contribution in [2.75, 3.05) is 33.1 Å². The molecular formula is C11H23N2O4S+. The molecule has 0 aromatic heterocycles. The number of nitrogens with one attached hydrogen (secondary N) is 1. The predicted octanol–water partition coefficient (Wildman–Crippen LogP) is 0.381. The first-order valence-electron chi connectivity index (χ1n) is 5.74. The number of amides is 1. The van der Waals surface area contributed by atoms with Gasteiger partial charge in [-0.1, -0.05) is 6.58 Å². The van der Waals surface area contributed by atoms with Crippen LogP contribution in [-0.4, -0.2) is 56.4 Å². The van der Waals surface area contributed by atoms with Gasteiger partial charge in [0.25, 0.3) is 16.0 Å². The van der Waals surface area contributed by atoms with Gasteiger partial charge in [-0.3, -0.25) is 9.35 Å². The van der Waals surface area contributed by atoms with Gasteiger partial charge in [-0.2, -0.15) is 8.42 Å². The van der Waals surface area contributed by atoms with Crippen LogP contribution in [0.15, 0.2) is 12.2 Å². The maximum absolute atomic E-state index is 11.3. The molecule has 1 amide bonds. The molecule has 0 spiro atoms. The summed E-state index contributed by atoms with van der Waals surface area (Å²) in [5, 5.41) is 2.75. The van der Waals surface area contributed by atoms with Crippen LogP contribution in [0.1, 0.15) is 19.8 Å². The Kier molecular flexibility index (Phi) is 6.51. The first-order chi connectivity index (χ1) is 8.03.